The molecule has 2 aromatic heterocycles. The van der Waals surface area contributed by atoms with Crippen LogP contribution >= 0.6 is 0 Å². The number of carbonyl (C=O) groups is 1. The highest BCUT2D eigenvalue weighted by Gasteiger charge is 2.21. The van der Waals surface area contributed by atoms with Crippen molar-refractivity contribution >= 4 is 11.9 Å². The Hall–Kier alpha value is -2.97. The monoisotopic (exact) mass is 358 g/mol. The number of anilines is 1. The van der Waals surface area contributed by atoms with Crippen molar-refractivity contribution < 1.29 is 4.79 Å². The maximum atomic E-state index is 12.1. The van der Waals surface area contributed by atoms with Gasteiger partial charge in [0.05, 0.1) is 0 Å². The normalized spacial score (nSPS) is 17.1. The van der Waals surface area contributed by atoms with Crippen LogP contribution < -0.4 is 21.5 Å². The molecule has 0 aliphatic carbocycles. The van der Waals surface area contributed by atoms with Gasteiger partial charge in [0.2, 0.25) is 11.9 Å². The third-order valence-corrected chi connectivity index (χ3v) is 4.42. The maximum absolute atomic E-state index is 12.1. The molecular weight excluding hydrogens is 336 g/mol. The summed E-state index contributed by atoms with van der Waals surface area (Å²) in [7, 11) is 0. The molecule has 9 heteroatoms. The second-order valence-corrected chi connectivity index (χ2v) is 6.36. The van der Waals surface area contributed by atoms with Crippen molar-refractivity contribution in [2.45, 2.75) is 25.8 Å². The molecule has 0 bridgehead atoms. The molecule has 9 nitrogen and oxygen atoms in total. The van der Waals surface area contributed by atoms with Gasteiger partial charge in [-0.1, -0.05) is 0 Å². The molecule has 2 aromatic rings. The van der Waals surface area contributed by atoms with Gasteiger partial charge < -0.3 is 14.8 Å². The van der Waals surface area contributed by atoms with Gasteiger partial charge in [0, 0.05) is 57.3 Å². The minimum Gasteiger partial charge on any atom is -0.356 e. The molecule has 1 unspecified atom stereocenters. The van der Waals surface area contributed by atoms with Gasteiger partial charge in [-0.15, -0.1) is 0 Å². The summed E-state index contributed by atoms with van der Waals surface area (Å²) in [5.74, 6) is 0.949. The number of nitrogens with zero attached hydrogens (tertiary/aromatic N) is 4. The second-order valence-electron chi connectivity index (χ2n) is 6.36. The summed E-state index contributed by atoms with van der Waals surface area (Å²) in [6.07, 6.45) is 7.12. The number of aromatic amines is 1. The van der Waals surface area contributed by atoms with Crippen LogP contribution in [0.1, 0.15) is 19.3 Å². The first-order chi connectivity index (χ1) is 12.6. The molecule has 0 saturated carbocycles. The van der Waals surface area contributed by atoms with Crippen molar-refractivity contribution in [2.24, 2.45) is 5.92 Å². The molecule has 26 heavy (non-hydrogen) atoms. The Morgan fingerprint density at radius 1 is 1.31 bits per heavy atom. The number of aryl methyl sites for hydroxylation is 1. The summed E-state index contributed by atoms with van der Waals surface area (Å²) in [6, 6.07) is 3.06. The summed E-state index contributed by atoms with van der Waals surface area (Å²) in [5, 5.41) is 2.93. The van der Waals surface area contributed by atoms with Gasteiger partial charge >= 0.3 is 5.69 Å². The summed E-state index contributed by atoms with van der Waals surface area (Å²) < 4.78 is 1.32. The molecule has 1 aliphatic rings. The van der Waals surface area contributed by atoms with Crippen molar-refractivity contribution in [1.82, 2.24) is 24.8 Å². The molecule has 1 aliphatic heterocycles. The largest absolute Gasteiger partial charge is 0.356 e. The first-order valence-corrected chi connectivity index (χ1v) is 8.70. The molecule has 1 saturated heterocycles. The van der Waals surface area contributed by atoms with Gasteiger partial charge in [0.25, 0.3) is 5.56 Å². The zero-order valence-electron chi connectivity index (χ0n) is 14.4. The van der Waals surface area contributed by atoms with Crippen LogP contribution in [0.15, 0.2) is 40.3 Å². The molecule has 3 rings (SSSR count). The van der Waals surface area contributed by atoms with Crippen LogP contribution in [0.25, 0.3) is 0 Å². The van der Waals surface area contributed by atoms with Gasteiger partial charge in [-0.05, 0) is 24.8 Å². The highest BCUT2D eigenvalue weighted by atomic mass is 16.2. The number of nitrogens with one attached hydrogen (secondary N) is 2. The average molecular weight is 358 g/mol. The number of carbonyl (C=O) groups excluding carboxylic acids is 1. The van der Waals surface area contributed by atoms with Crippen molar-refractivity contribution in [3.05, 3.63) is 51.6 Å². The van der Waals surface area contributed by atoms with Crippen LogP contribution in [0.4, 0.5) is 5.95 Å². The summed E-state index contributed by atoms with van der Waals surface area (Å²) in [6.45, 7) is 2.55. The van der Waals surface area contributed by atoms with Crippen molar-refractivity contribution in [1.29, 1.82) is 0 Å². The zero-order chi connectivity index (χ0) is 18.4. The number of amides is 1. The van der Waals surface area contributed by atoms with E-state index in [0.717, 1.165) is 31.9 Å². The van der Waals surface area contributed by atoms with E-state index in [1.807, 2.05) is 0 Å². The van der Waals surface area contributed by atoms with Crippen LogP contribution in [0, 0.1) is 5.92 Å². The van der Waals surface area contributed by atoms with Crippen molar-refractivity contribution in [3.8, 4) is 0 Å². The molecule has 1 fully saturated rings. The third-order valence-electron chi connectivity index (χ3n) is 4.42. The summed E-state index contributed by atoms with van der Waals surface area (Å²) in [5.41, 5.74) is -0.948. The van der Waals surface area contributed by atoms with Gasteiger partial charge in [-0.25, -0.2) is 14.8 Å². The zero-order valence-corrected chi connectivity index (χ0v) is 14.4. The molecule has 1 atom stereocenters. The maximum Gasteiger partial charge on any atom is 0.328 e. The van der Waals surface area contributed by atoms with Crippen LogP contribution in [0.5, 0.6) is 0 Å². The van der Waals surface area contributed by atoms with E-state index in [4.69, 9.17) is 0 Å². The number of piperidine rings is 1. The van der Waals surface area contributed by atoms with Gasteiger partial charge in [-0.3, -0.25) is 14.6 Å². The van der Waals surface area contributed by atoms with Gasteiger partial charge in [-0.2, -0.15) is 0 Å². The van der Waals surface area contributed by atoms with E-state index in [-0.39, 0.29) is 18.9 Å². The van der Waals surface area contributed by atoms with Gasteiger partial charge in [0.15, 0.2) is 0 Å². The van der Waals surface area contributed by atoms with E-state index in [1.54, 1.807) is 18.5 Å². The molecule has 3 heterocycles. The fourth-order valence-electron chi connectivity index (χ4n) is 3.06. The summed E-state index contributed by atoms with van der Waals surface area (Å²) >= 11 is 0. The Labute approximate surface area is 150 Å². The highest BCUT2D eigenvalue weighted by molar-refractivity contribution is 5.75. The van der Waals surface area contributed by atoms with Gasteiger partial charge in [0.1, 0.15) is 0 Å². The van der Waals surface area contributed by atoms with Crippen molar-refractivity contribution in [3.63, 3.8) is 0 Å². The van der Waals surface area contributed by atoms with E-state index in [2.05, 4.69) is 25.2 Å². The minimum absolute atomic E-state index is 0.115. The minimum atomic E-state index is -0.504. The van der Waals surface area contributed by atoms with E-state index >= 15 is 0 Å². The Morgan fingerprint density at radius 3 is 2.88 bits per heavy atom. The lowest BCUT2D eigenvalue weighted by atomic mass is 9.98. The quantitative estimate of drug-likeness (QED) is 0.736. The summed E-state index contributed by atoms with van der Waals surface area (Å²) in [4.78, 5) is 47.5. The van der Waals surface area contributed by atoms with E-state index in [0.29, 0.717) is 12.5 Å². The molecule has 1 amide bonds. The average Bonchev–Trinajstić information content (AvgIpc) is 2.66. The van der Waals surface area contributed by atoms with Crippen LogP contribution in [-0.2, 0) is 11.3 Å². The lowest BCUT2D eigenvalue weighted by Gasteiger charge is -2.32. The molecule has 138 valence electrons. The molecule has 0 spiro atoms. The number of aromatic nitrogens is 4. The number of H-pyrrole nitrogens is 1. The third kappa shape index (κ3) is 4.78. The number of hydrogen-bond acceptors (Lipinski definition) is 6. The van der Waals surface area contributed by atoms with Crippen molar-refractivity contribution in [2.75, 3.05) is 24.5 Å². The predicted octanol–water partition coefficient (Wildman–Crippen LogP) is -0.250. The molecule has 0 radical (unpaired) electrons. The van der Waals surface area contributed by atoms with E-state index in [1.165, 1.54) is 16.8 Å². The Balaban J connectivity index is 1.45. The SMILES string of the molecule is O=C(CCn1ccc(=O)[nH]c1=O)NCC1CCCN(c2ncccn2)C1. The standard InChI is InChI=1S/C17H22N6O3/c24-14(4-9-22-10-5-15(25)21-17(22)26)20-11-13-3-1-8-23(12-13)16-18-6-2-7-19-16/h2,5-7,10,13H,1,3-4,8-9,11-12H2,(H,20,24)(H,21,25,26). The number of hydrogen-bond donors (Lipinski definition) is 2. The first kappa shape index (κ1) is 17.8. The Kier molecular flexibility index (Phi) is 5.77. The lowest BCUT2D eigenvalue weighted by Crippen LogP contribution is -2.41. The van der Waals surface area contributed by atoms with Crippen LogP contribution in [0.2, 0.25) is 0 Å². The highest BCUT2D eigenvalue weighted by Crippen LogP contribution is 2.19. The smallest absolute Gasteiger partial charge is 0.328 e. The molecule has 0 aromatic carbocycles. The Morgan fingerprint density at radius 2 is 2.12 bits per heavy atom. The fraction of sp³-hybridized carbons (Fsp3) is 0.471. The van der Waals surface area contributed by atoms with E-state index < -0.39 is 11.2 Å². The first-order valence-electron chi connectivity index (χ1n) is 8.70. The van der Waals surface area contributed by atoms with Crippen LogP contribution in [0.3, 0.4) is 0 Å². The second kappa shape index (κ2) is 8.41. The fourth-order valence-corrected chi connectivity index (χ4v) is 3.06. The van der Waals surface area contributed by atoms with E-state index in [9.17, 15) is 14.4 Å². The predicted molar refractivity (Wildman–Crippen MR) is 95.9 cm³/mol. The molecule has 2 N–H and O–H groups in total. The lowest BCUT2D eigenvalue weighted by molar-refractivity contribution is -0.121. The van der Waals surface area contributed by atoms with Crippen LogP contribution in [-0.4, -0.2) is 45.1 Å². The molecular formula is C17H22N6O3. The number of rotatable bonds is 6. The Bertz CT molecular complexity index is 847. The topological polar surface area (TPSA) is 113 Å².